The second kappa shape index (κ2) is 5.79. The summed E-state index contributed by atoms with van der Waals surface area (Å²) in [5, 5.41) is 7.38. The van der Waals surface area contributed by atoms with Gasteiger partial charge in [-0.15, -0.1) is 0 Å². The van der Waals surface area contributed by atoms with Crippen LogP contribution in [0.2, 0.25) is 0 Å². The number of carbonyl (C=O) groups excluding carboxylic acids is 1. The minimum absolute atomic E-state index is 0.0471. The Morgan fingerprint density at radius 3 is 2.78 bits per heavy atom. The molecule has 7 heteroatoms. The van der Waals surface area contributed by atoms with Gasteiger partial charge in [-0.3, -0.25) is 9.89 Å². The lowest BCUT2D eigenvalue weighted by atomic mass is 9.93. The molecule has 0 atom stereocenters. The molecule has 4 rings (SSSR count). The van der Waals surface area contributed by atoms with E-state index in [0.717, 1.165) is 44.0 Å². The van der Waals surface area contributed by atoms with Crippen molar-refractivity contribution >= 4 is 5.91 Å². The number of amides is 1. The van der Waals surface area contributed by atoms with Gasteiger partial charge < -0.3 is 9.32 Å². The third-order valence-corrected chi connectivity index (χ3v) is 4.82. The summed E-state index contributed by atoms with van der Waals surface area (Å²) in [5.41, 5.74) is 0.659. The molecular formula is C16H21N5O2. The van der Waals surface area contributed by atoms with E-state index in [1.165, 1.54) is 19.2 Å². The van der Waals surface area contributed by atoms with Crippen LogP contribution in [-0.2, 0) is 6.42 Å². The summed E-state index contributed by atoms with van der Waals surface area (Å²) < 4.78 is 5.21. The average Bonchev–Trinajstić information content (AvgIpc) is 3.16. The summed E-state index contributed by atoms with van der Waals surface area (Å²) in [6.45, 7) is 3.31. The molecule has 1 saturated carbocycles. The van der Waals surface area contributed by atoms with Crippen molar-refractivity contribution in [3.63, 3.8) is 0 Å². The van der Waals surface area contributed by atoms with E-state index in [-0.39, 0.29) is 5.91 Å². The molecule has 2 aromatic rings. The lowest BCUT2D eigenvalue weighted by Gasteiger charge is -2.31. The van der Waals surface area contributed by atoms with Crippen LogP contribution in [0.3, 0.4) is 0 Å². The van der Waals surface area contributed by atoms with Gasteiger partial charge >= 0.3 is 0 Å². The number of hydrogen-bond donors (Lipinski definition) is 1. The van der Waals surface area contributed by atoms with Crippen molar-refractivity contribution in [2.24, 2.45) is 5.92 Å². The van der Waals surface area contributed by atoms with Gasteiger partial charge in [0.2, 0.25) is 5.76 Å². The number of rotatable bonds is 4. The minimum Gasteiger partial charge on any atom is -0.438 e. The van der Waals surface area contributed by atoms with Crippen LogP contribution in [0.1, 0.15) is 59.5 Å². The normalized spacial score (nSPS) is 19.3. The lowest BCUT2D eigenvalue weighted by Crippen LogP contribution is -2.39. The van der Waals surface area contributed by atoms with Crippen molar-refractivity contribution < 1.29 is 9.21 Å². The van der Waals surface area contributed by atoms with E-state index in [1.54, 1.807) is 6.92 Å². The Labute approximate surface area is 134 Å². The first-order valence-corrected chi connectivity index (χ1v) is 8.31. The largest absolute Gasteiger partial charge is 0.438 e. The molecule has 3 heterocycles. The third kappa shape index (κ3) is 3.00. The fourth-order valence-corrected chi connectivity index (χ4v) is 3.19. The van der Waals surface area contributed by atoms with E-state index in [0.29, 0.717) is 23.3 Å². The highest BCUT2D eigenvalue weighted by Crippen LogP contribution is 2.37. The Balaban J connectivity index is 1.31. The average molecular weight is 315 g/mol. The Kier molecular flexibility index (Phi) is 3.63. The zero-order chi connectivity index (χ0) is 15.8. The van der Waals surface area contributed by atoms with Gasteiger partial charge in [0.05, 0.1) is 5.69 Å². The fraction of sp³-hybridized carbons (Fsp3) is 0.625. The first-order valence-electron chi connectivity index (χ1n) is 8.31. The Hall–Kier alpha value is -2.18. The minimum atomic E-state index is -0.0471. The van der Waals surface area contributed by atoms with Gasteiger partial charge in [0.15, 0.2) is 12.2 Å². The van der Waals surface area contributed by atoms with Gasteiger partial charge in [-0.25, -0.2) is 9.97 Å². The third-order valence-electron chi connectivity index (χ3n) is 4.82. The standard InChI is InChI=1S/C16H21N5O2/c1-10-14(23-9-17-10)16(22)21-6-4-11(5-7-21)8-13-18-15(20-19-13)12-2-3-12/h9,11-12H,2-8H2,1H3,(H,18,19,20). The van der Waals surface area contributed by atoms with Crippen LogP contribution in [0.15, 0.2) is 10.8 Å². The maximum atomic E-state index is 12.4. The number of nitrogens with zero attached hydrogens (tertiary/aromatic N) is 4. The molecule has 0 bridgehead atoms. The predicted molar refractivity (Wildman–Crippen MR) is 81.9 cm³/mol. The smallest absolute Gasteiger partial charge is 0.291 e. The number of aryl methyl sites for hydroxylation is 1. The number of hydrogen-bond acceptors (Lipinski definition) is 5. The summed E-state index contributed by atoms with van der Waals surface area (Å²) in [6.07, 6.45) is 6.66. The van der Waals surface area contributed by atoms with Crippen molar-refractivity contribution in [2.45, 2.75) is 44.9 Å². The molecule has 122 valence electrons. The van der Waals surface area contributed by atoms with Gasteiger partial charge in [-0.2, -0.15) is 5.10 Å². The van der Waals surface area contributed by atoms with Gasteiger partial charge in [-0.1, -0.05) is 0 Å². The van der Waals surface area contributed by atoms with Gasteiger partial charge in [0, 0.05) is 25.4 Å². The maximum absolute atomic E-state index is 12.4. The molecule has 2 aromatic heterocycles. The Morgan fingerprint density at radius 1 is 1.35 bits per heavy atom. The SMILES string of the molecule is Cc1ncoc1C(=O)N1CCC(Cc2nc(C3CC3)n[nH]2)CC1. The predicted octanol–water partition coefficient (Wildman–Crippen LogP) is 2.07. The number of aromatic nitrogens is 4. The second-order valence-corrected chi connectivity index (χ2v) is 6.62. The van der Waals surface area contributed by atoms with Crippen LogP contribution in [0, 0.1) is 12.8 Å². The highest BCUT2D eigenvalue weighted by molar-refractivity contribution is 5.92. The summed E-state index contributed by atoms with van der Waals surface area (Å²) in [5.74, 6) is 3.43. The molecule has 1 aliphatic carbocycles. The van der Waals surface area contributed by atoms with Crippen molar-refractivity contribution in [1.82, 2.24) is 25.1 Å². The molecular weight excluding hydrogens is 294 g/mol. The van der Waals surface area contributed by atoms with Crippen molar-refractivity contribution in [1.29, 1.82) is 0 Å². The van der Waals surface area contributed by atoms with Gasteiger partial charge in [-0.05, 0) is 38.5 Å². The number of H-pyrrole nitrogens is 1. The van der Waals surface area contributed by atoms with Crippen LogP contribution >= 0.6 is 0 Å². The van der Waals surface area contributed by atoms with Gasteiger partial charge in [0.1, 0.15) is 5.82 Å². The molecule has 1 amide bonds. The molecule has 7 nitrogen and oxygen atoms in total. The molecule has 2 aliphatic rings. The zero-order valence-corrected chi connectivity index (χ0v) is 13.3. The first-order chi connectivity index (χ1) is 11.2. The van der Waals surface area contributed by atoms with E-state index in [2.05, 4.69) is 20.2 Å². The summed E-state index contributed by atoms with van der Waals surface area (Å²) in [7, 11) is 0. The molecule has 1 aliphatic heterocycles. The van der Waals surface area contributed by atoms with E-state index >= 15 is 0 Å². The molecule has 2 fully saturated rings. The number of oxazole rings is 1. The monoisotopic (exact) mass is 315 g/mol. The van der Waals surface area contributed by atoms with E-state index in [1.807, 2.05) is 4.90 Å². The van der Waals surface area contributed by atoms with E-state index in [4.69, 9.17) is 4.42 Å². The van der Waals surface area contributed by atoms with Crippen LogP contribution < -0.4 is 0 Å². The van der Waals surface area contributed by atoms with Crippen LogP contribution in [0.4, 0.5) is 0 Å². The van der Waals surface area contributed by atoms with E-state index in [9.17, 15) is 4.79 Å². The molecule has 0 aromatic carbocycles. The van der Waals surface area contributed by atoms with Crippen LogP contribution in [0.5, 0.6) is 0 Å². The number of carbonyl (C=O) groups is 1. The van der Waals surface area contributed by atoms with Crippen LogP contribution in [0.25, 0.3) is 0 Å². The highest BCUT2D eigenvalue weighted by atomic mass is 16.3. The number of nitrogens with one attached hydrogen (secondary N) is 1. The number of aromatic amines is 1. The summed E-state index contributed by atoms with van der Waals surface area (Å²) in [4.78, 5) is 22.9. The Bertz CT molecular complexity index is 695. The molecule has 23 heavy (non-hydrogen) atoms. The molecule has 1 N–H and O–H groups in total. The highest BCUT2D eigenvalue weighted by Gasteiger charge is 2.29. The zero-order valence-electron chi connectivity index (χ0n) is 13.3. The molecule has 1 saturated heterocycles. The first kappa shape index (κ1) is 14.4. The van der Waals surface area contributed by atoms with Crippen LogP contribution in [-0.4, -0.2) is 44.1 Å². The summed E-state index contributed by atoms with van der Waals surface area (Å²) >= 11 is 0. The summed E-state index contributed by atoms with van der Waals surface area (Å²) in [6, 6.07) is 0. The topological polar surface area (TPSA) is 87.9 Å². The molecule has 0 unspecified atom stereocenters. The van der Waals surface area contributed by atoms with E-state index < -0.39 is 0 Å². The Morgan fingerprint density at radius 2 is 2.13 bits per heavy atom. The van der Waals surface area contributed by atoms with Crippen molar-refractivity contribution in [3.05, 3.63) is 29.5 Å². The maximum Gasteiger partial charge on any atom is 0.291 e. The molecule has 0 spiro atoms. The molecule has 0 radical (unpaired) electrons. The lowest BCUT2D eigenvalue weighted by molar-refractivity contribution is 0.0657. The van der Waals surface area contributed by atoms with Crippen molar-refractivity contribution in [3.8, 4) is 0 Å². The number of piperidine rings is 1. The fourth-order valence-electron chi connectivity index (χ4n) is 3.19. The second-order valence-electron chi connectivity index (χ2n) is 6.62. The number of likely N-dealkylation sites (tertiary alicyclic amines) is 1. The van der Waals surface area contributed by atoms with Gasteiger partial charge in [0.25, 0.3) is 5.91 Å². The quantitative estimate of drug-likeness (QED) is 0.933. The van der Waals surface area contributed by atoms with Crippen molar-refractivity contribution in [2.75, 3.05) is 13.1 Å².